The molecule has 1 atom stereocenters. The second-order valence-corrected chi connectivity index (χ2v) is 8.28. The van der Waals surface area contributed by atoms with Gasteiger partial charge in [-0.15, -0.1) is 0 Å². The summed E-state index contributed by atoms with van der Waals surface area (Å²) in [4.78, 5) is 15.5. The van der Waals surface area contributed by atoms with E-state index in [-0.39, 0.29) is 12.1 Å². The van der Waals surface area contributed by atoms with Crippen molar-refractivity contribution in [2.24, 2.45) is 0 Å². The lowest BCUT2D eigenvalue weighted by Gasteiger charge is -2.31. The zero-order chi connectivity index (χ0) is 22.8. The molecule has 0 bridgehead atoms. The Labute approximate surface area is 198 Å². The molecule has 0 aliphatic carbocycles. The highest BCUT2D eigenvalue weighted by Crippen LogP contribution is 2.39. The number of aromatic nitrogens is 1. The topological polar surface area (TPSA) is 46.5 Å². The number of carbonyl (C=O) groups is 1. The van der Waals surface area contributed by atoms with Gasteiger partial charge in [-0.25, -0.2) is 4.79 Å². The highest BCUT2D eigenvalue weighted by Gasteiger charge is 2.34. The Hall–Kier alpha value is -3.70. The number of para-hydroxylation sites is 1. The van der Waals surface area contributed by atoms with Crippen molar-refractivity contribution in [3.63, 3.8) is 0 Å². The molecule has 2 amide bonds. The lowest BCUT2D eigenvalue weighted by atomic mass is 10.0. The first-order valence-electron chi connectivity index (χ1n) is 11.0. The average molecular weight is 458 g/mol. The first-order valence-corrected chi connectivity index (χ1v) is 11.3. The summed E-state index contributed by atoms with van der Waals surface area (Å²) >= 11 is 6.65. The molecule has 1 N–H and O–H groups in total. The van der Waals surface area contributed by atoms with Crippen LogP contribution in [0, 0.1) is 0 Å². The van der Waals surface area contributed by atoms with E-state index in [0.717, 1.165) is 28.3 Å². The van der Waals surface area contributed by atoms with Gasteiger partial charge in [0, 0.05) is 16.9 Å². The second-order valence-electron chi connectivity index (χ2n) is 7.87. The van der Waals surface area contributed by atoms with Crippen LogP contribution in [0.15, 0.2) is 91.1 Å². The van der Waals surface area contributed by atoms with Gasteiger partial charge in [0.2, 0.25) is 0 Å². The molecule has 0 saturated carbocycles. The van der Waals surface area contributed by atoms with Gasteiger partial charge >= 0.3 is 6.03 Å². The van der Waals surface area contributed by atoms with Crippen molar-refractivity contribution >= 4 is 23.3 Å². The number of urea groups is 1. The van der Waals surface area contributed by atoms with Gasteiger partial charge in [-0.1, -0.05) is 48.0 Å². The largest absolute Gasteiger partial charge is 0.494 e. The summed E-state index contributed by atoms with van der Waals surface area (Å²) in [5.74, 6) is 0.769. The van der Waals surface area contributed by atoms with Crippen LogP contribution in [-0.4, -0.2) is 22.1 Å². The third-order valence-electron chi connectivity index (χ3n) is 5.84. The van der Waals surface area contributed by atoms with E-state index in [0.29, 0.717) is 23.9 Å². The van der Waals surface area contributed by atoms with Crippen molar-refractivity contribution in [1.82, 2.24) is 9.47 Å². The van der Waals surface area contributed by atoms with Gasteiger partial charge in [0.15, 0.2) is 0 Å². The predicted molar refractivity (Wildman–Crippen MR) is 131 cm³/mol. The van der Waals surface area contributed by atoms with E-state index in [4.69, 9.17) is 16.3 Å². The van der Waals surface area contributed by atoms with Crippen molar-refractivity contribution in [3.05, 3.63) is 113 Å². The van der Waals surface area contributed by atoms with Crippen LogP contribution in [-0.2, 0) is 6.54 Å². The van der Waals surface area contributed by atoms with Gasteiger partial charge in [0.05, 0.1) is 24.5 Å². The summed E-state index contributed by atoms with van der Waals surface area (Å²) in [5.41, 5.74) is 4.69. The summed E-state index contributed by atoms with van der Waals surface area (Å²) < 4.78 is 7.66. The highest BCUT2D eigenvalue weighted by atomic mass is 35.5. The third-order valence-corrected chi connectivity index (χ3v) is 6.19. The normalized spacial score (nSPS) is 14.7. The Bertz CT molecular complexity index is 1280. The summed E-state index contributed by atoms with van der Waals surface area (Å²) in [6.45, 7) is 2.98. The Morgan fingerprint density at radius 3 is 2.55 bits per heavy atom. The minimum Gasteiger partial charge on any atom is -0.494 e. The second kappa shape index (κ2) is 9.04. The molecule has 6 heteroatoms. The van der Waals surface area contributed by atoms with Gasteiger partial charge in [0.25, 0.3) is 0 Å². The highest BCUT2D eigenvalue weighted by molar-refractivity contribution is 6.31. The van der Waals surface area contributed by atoms with Crippen molar-refractivity contribution in [1.29, 1.82) is 0 Å². The van der Waals surface area contributed by atoms with Crippen LogP contribution < -0.4 is 10.1 Å². The molecule has 166 valence electrons. The van der Waals surface area contributed by atoms with Crippen molar-refractivity contribution in [3.8, 4) is 11.4 Å². The Kier molecular flexibility index (Phi) is 5.80. The predicted octanol–water partition coefficient (Wildman–Crippen LogP) is 6.67. The molecule has 2 heterocycles. The number of hydrogen-bond donors (Lipinski definition) is 1. The summed E-state index contributed by atoms with van der Waals surface area (Å²) in [5, 5.41) is 3.69. The van der Waals surface area contributed by atoms with Crippen LogP contribution in [0.3, 0.4) is 0 Å². The number of benzene rings is 3. The number of carbonyl (C=O) groups excluding carboxylic acids is 1. The maximum Gasteiger partial charge on any atom is 0.322 e. The maximum absolute atomic E-state index is 13.7. The molecule has 33 heavy (non-hydrogen) atoms. The van der Waals surface area contributed by atoms with Crippen LogP contribution in [0.5, 0.6) is 5.75 Å². The van der Waals surface area contributed by atoms with E-state index in [9.17, 15) is 4.79 Å². The van der Waals surface area contributed by atoms with E-state index in [1.54, 1.807) is 0 Å². The Morgan fingerprint density at radius 2 is 1.76 bits per heavy atom. The number of nitrogens with zero attached hydrogens (tertiary/aromatic N) is 2. The summed E-state index contributed by atoms with van der Waals surface area (Å²) in [6.07, 6.45) is 2.03. The van der Waals surface area contributed by atoms with Gasteiger partial charge in [-0.2, -0.15) is 0 Å². The van der Waals surface area contributed by atoms with E-state index in [2.05, 4.69) is 22.0 Å². The molecule has 1 aliphatic rings. The Morgan fingerprint density at radius 1 is 1.00 bits per heavy atom. The van der Waals surface area contributed by atoms with Crippen LogP contribution in [0.4, 0.5) is 10.5 Å². The molecule has 0 fully saturated rings. The third kappa shape index (κ3) is 4.08. The molecule has 4 aromatic rings. The van der Waals surface area contributed by atoms with Crippen LogP contribution in [0.2, 0.25) is 5.02 Å². The first-order chi connectivity index (χ1) is 16.2. The molecule has 5 nitrogen and oxygen atoms in total. The van der Waals surface area contributed by atoms with Crippen LogP contribution >= 0.6 is 11.6 Å². The number of rotatable bonds is 4. The summed E-state index contributed by atoms with van der Waals surface area (Å²) in [6, 6.07) is 26.8. The zero-order valence-electron chi connectivity index (χ0n) is 18.2. The molecule has 1 aromatic heterocycles. The Balaban J connectivity index is 1.57. The van der Waals surface area contributed by atoms with Crippen molar-refractivity contribution in [2.75, 3.05) is 11.9 Å². The fraction of sp³-hybridized carbons (Fsp3) is 0.148. The fourth-order valence-electron chi connectivity index (χ4n) is 4.36. The number of hydrogen-bond acceptors (Lipinski definition) is 2. The average Bonchev–Trinajstić information content (AvgIpc) is 3.26. The maximum atomic E-state index is 13.7. The molecular formula is C27H24ClN3O2. The van der Waals surface area contributed by atoms with Gasteiger partial charge < -0.3 is 19.5 Å². The molecule has 5 rings (SSSR count). The molecule has 3 aromatic carbocycles. The molecule has 0 saturated heterocycles. The molecule has 0 spiro atoms. The number of fused-ring (bicyclic) bond motifs is 3. The minimum absolute atomic E-state index is 0.200. The van der Waals surface area contributed by atoms with Crippen LogP contribution in [0.25, 0.3) is 5.69 Å². The lowest BCUT2D eigenvalue weighted by Crippen LogP contribution is -2.38. The van der Waals surface area contributed by atoms with E-state index in [1.807, 2.05) is 90.8 Å². The fourth-order valence-corrected chi connectivity index (χ4v) is 4.60. The smallest absolute Gasteiger partial charge is 0.322 e. The monoisotopic (exact) mass is 457 g/mol. The van der Waals surface area contributed by atoms with E-state index < -0.39 is 0 Å². The number of amides is 2. The van der Waals surface area contributed by atoms with Gasteiger partial charge in [-0.05, 0) is 66.6 Å². The zero-order valence-corrected chi connectivity index (χ0v) is 19.0. The number of ether oxygens (including phenoxy) is 1. The number of halogens is 1. The van der Waals surface area contributed by atoms with E-state index in [1.165, 1.54) is 0 Å². The molecular weight excluding hydrogens is 434 g/mol. The lowest BCUT2D eigenvalue weighted by molar-refractivity contribution is 0.194. The van der Waals surface area contributed by atoms with Gasteiger partial charge in [-0.3, -0.25) is 0 Å². The quantitative estimate of drug-likeness (QED) is 0.372. The minimum atomic E-state index is -0.358. The standard InChI is InChI=1S/C27H24ClN3O2/c1-2-33-21-15-13-20(14-16-21)29-27(32)31-18-19-8-3-6-11-24(19)30-17-7-12-25(30)26(31)22-9-4-5-10-23(22)28/h3-17,26H,2,18H2,1H3,(H,29,32)/t26-/m0/s1. The van der Waals surface area contributed by atoms with Crippen molar-refractivity contribution in [2.45, 2.75) is 19.5 Å². The molecule has 1 aliphatic heterocycles. The van der Waals surface area contributed by atoms with E-state index >= 15 is 0 Å². The van der Waals surface area contributed by atoms with Crippen LogP contribution in [0.1, 0.15) is 29.8 Å². The summed E-state index contributed by atoms with van der Waals surface area (Å²) in [7, 11) is 0. The number of nitrogens with one attached hydrogen (secondary N) is 1. The van der Waals surface area contributed by atoms with Gasteiger partial charge in [0.1, 0.15) is 11.8 Å². The first kappa shape index (κ1) is 21.2. The van der Waals surface area contributed by atoms with Crippen molar-refractivity contribution < 1.29 is 9.53 Å². The molecule has 0 unspecified atom stereocenters. The molecule has 0 radical (unpaired) electrons. The number of anilines is 1. The SMILES string of the molecule is CCOc1ccc(NC(=O)N2Cc3ccccc3-n3cccc3[C@@H]2c2ccccc2Cl)cc1.